The Morgan fingerprint density at radius 1 is 1.29 bits per heavy atom. The summed E-state index contributed by atoms with van der Waals surface area (Å²) in [7, 11) is 0. The number of carbonyl (C=O) groups excluding carboxylic acids is 1. The average molecular weight is 344 g/mol. The molecule has 0 unspecified atom stereocenters. The Labute approximate surface area is 138 Å². The standard InChI is InChI=1S/C16H22F2N2O4/c17-13-4-1-3-11(14(13)18)7-20-6-2-5-16(24,15(20)23)10-19-12(8-21)9-22/h1,3-4,12,19,21-22,24H,2,5-10H2/t16-/m0/s1. The number of likely N-dealkylation sites (tertiary alicyclic amines) is 1. The van der Waals surface area contributed by atoms with E-state index in [9.17, 15) is 18.7 Å². The van der Waals surface area contributed by atoms with Crippen LogP contribution in [-0.2, 0) is 11.3 Å². The van der Waals surface area contributed by atoms with Crippen molar-refractivity contribution < 1.29 is 28.9 Å². The lowest BCUT2D eigenvalue weighted by Gasteiger charge is -2.39. The zero-order valence-corrected chi connectivity index (χ0v) is 13.2. The van der Waals surface area contributed by atoms with E-state index in [1.165, 1.54) is 17.0 Å². The summed E-state index contributed by atoms with van der Waals surface area (Å²) in [6, 6.07) is 3.12. The highest BCUT2D eigenvalue weighted by molar-refractivity contribution is 5.86. The highest BCUT2D eigenvalue weighted by Gasteiger charge is 2.42. The van der Waals surface area contributed by atoms with Gasteiger partial charge in [-0.15, -0.1) is 0 Å². The Bertz CT molecular complexity index is 583. The molecule has 6 nitrogen and oxygen atoms in total. The summed E-state index contributed by atoms with van der Waals surface area (Å²) in [5, 5.41) is 31.4. The third kappa shape index (κ3) is 4.07. The second kappa shape index (κ2) is 7.98. The highest BCUT2D eigenvalue weighted by Crippen LogP contribution is 2.25. The number of nitrogens with zero attached hydrogens (tertiary/aromatic N) is 1. The van der Waals surface area contributed by atoms with Gasteiger partial charge in [-0.05, 0) is 18.9 Å². The van der Waals surface area contributed by atoms with Gasteiger partial charge in [0, 0.05) is 25.2 Å². The number of benzene rings is 1. The normalized spacial score (nSPS) is 21.6. The van der Waals surface area contributed by atoms with Crippen LogP contribution in [0.1, 0.15) is 18.4 Å². The number of piperidine rings is 1. The van der Waals surface area contributed by atoms with E-state index >= 15 is 0 Å². The molecule has 0 radical (unpaired) electrons. The van der Waals surface area contributed by atoms with E-state index in [2.05, 4.69) is 5.32 Å². The van der Waals surface area contributed by atoms with Crippen LogP contribution >= 0.6 is 0 Å². The lowest BCUT2D eigenvalue weighted by atomic mass is 9.91. The molecule has 4 N–H and O–H groups in total. The van der Waals surface area contributed by atoms with Gasteiger partial charge in [0.1, 0.15) is 0 Å². The van der Waals surface area contributed by atoms with Crippen molar-refractivity contribution in [3.8, 4) is 0 Å². The molecule has 1 amide bonds. The maximum Gasteiger partial charge on any atom is 0.256 e. The average Bonchev–Trinajstić information content (AvgIpc) is 2.57. The minimum atomic E-state index is -1.70. The lowest BCUT2D eigenvalue weighted by Crippen LogP contribution is -2.59. The van der Waals surface area contributed by atoms with Gasteiger partial charge in [0.05, 0.1) is 19.3 Å². The molecule has 1 fully saturated rings. The zero-order chi connectivity index (χ0) is 17.7. The largest absolute Gasteiger partial charge is 0.395 e. The molecule has 1 heterocycles. The van der Waals surface area contributed by atoms with E-state index in [-0.39, 0.29) is 38.3 Å². The Hall–Kier alpha value is -1.61. The maximum atomic E-state index is 13.8. The molecule has 134 valence electrons. The van der Waals surface area contributed by atoms with E-state index in [1.807, 2.05) is 0 Å². The summed E-state index contributed by atoms with van der Waals surface area (Å²) in [5.41, 5.74) is -1.66. The Kier molecular flexibility index (Phi) is 6.22. The minimum absolute atomic E-state index is 0.0455. The van der Waals surface area contributed by atoms with Gasteiger partial charge in [0.15, 0.2) is 17.2 Å². The molecule has 1 saturated heterocycles. The van der Waals surface area contributed by atoms with Crippen molar-refractivity contribution in [2.45, 2.75) is 31.0 Å². The van der Waals surface area contributed by atoms with Crippen LogP contribution in [0, 0.1) is 11.6 Å². The molecular formula is C16H22F2N2O4. The number of aliphatic hydroxyl groups excluding tert-OH is 2. The number of rotatable bonds is 7. The SMILES string of the molecule is O=C1N(Cc2cccc(F)c2F)CCC[C@]1(O)CNC(CO)CO. The first kappa shape index (κ1) is 18.7. The van der Waals surface area contributed by atoms with Gasteiger partial charge < -0.3 is 25.5 Å². The molecule has 2 rings (SSSR count). The van der Waals surface area contributed by atoms with Crippen LogP contribution in [0.2, 0.25) is 0 Å². The smallest absolute Gasteiger partial charge is 0.256 e. The number of halogens is 2. The third-order valence-electron chi connectivity index (χ3n) is 4.22. The predicted octanol–water partition coefficient (Wildman–Crippen LogP) is -0.239. The van der Waals surface area contributed by atoms with Crippen molar-refractivity contribution in [3.05, 3.63) is 35.4 Å². The van der Waals surface area contributed by atoms with E-state index in [4.69, 9.17) is 10.2 Å². The van der Waals surface area contributed by atoms with E-state index in [0.29, 0.717) is 13.0 Å². The minimum Gasteiger partial charge on any atom is -0.395 e. The zero-order valence-electron chi connectivity index (χ0n) is 13.2. The fraction of sp³-hybridized carbons (Fsp3) is 0.562. The summed E-state index contributed by atoms with van der Waals surface area (Å²) in [4.78, 5) is 13.8. The number of carbonyl (C=O) groups is 1. The number of aliphatic hydroxyl groups is 3. The van der Waals surface area contributed by atoms with Gasteiger partial charge in [-0.1, -0.05) is 12.1 Å². The van der Waals surface area contributed by atoms with Crippen LogP contribution < -0.4 is 5.32 Å². The van der Waals surface area contributed by atoms with Crippen LogP contribution in [0.4, 0.5) is 8.78 Å². The number of hydrogen-bond acceptors (Lipinski definition) is 5. The second-order valence-electron chi connectivity index (χ2n) is 6.02. The van der Waals surface area contributed by atoms with E-state index in [0.717, 1.165) is 6.07 Å². The Morgan fingerprint density at radius 2 is 2.00 bits per heavy atom. The molecule has 8 heteroatoms. The fourth-order valence-corrected chi connectivity index (χ4v) is 2.76. The van der Waals surface area contributed by atoms with Crippen LogP contribution in [-0.4, -0.2) is 64.1 Å². The molecule has 0 bridgehead atoms. The van der Waals surface area contributed by atoms with Crippen molar-refractivity contribution >= 4 is 5.91 Å². The van der Waals surface area contributed by atoms with Crippen LogP contribution in [0.5, 0.6) is 0 Å². The van der Waals surface area contributed by atoms with Crippen molar-refractivity contribution in [3.63, 3.8) is 0 Å². The molecule has 0 spiro atoms. The molecule has 0 aliphatic carbocycles. The van der Waals surface area contributed by atoms with Crippen LogP contribution in [0.15, 0.2) is 18.2 Å². The first-order valence-electron chi connectivity index (χ1n) is 7.81. The predicted molar refractivity (Wildman–Crippen MR) is 81.9 cm³/mol. The maximum absolute atomic E-state index is 13.8. The van der Waals surface area contributed by atoms with Gasteiger partial charge in [-0.2, -0.15) is 0 Å². The van der Waals surface area contributed by atoms with Crippen LogP contribution in [0.25, 0.3) is 0 Å². The fourth-order valence-electron chi connectivity index (χ4n) is 2.76. The summed E-state index contributed by atoms with van der Waals surface area (Å²) >= 11 is 0. The molecule has 0 saturated carbocycles. The van der Waals surface area contributed by atoms with E-state index < -0.39 is 29.2 Å². The van der Waals surface area contributed by atoms with Crippen molar-refractivity contribution in [2.75, 3.05) is 26.3 Å². The van der Waals surface area contributed by atoms with Crippen molar-refractivity contribution in [2.24, 2.45) is 0 Å². The molecule has 1 aromatic rings. The van der Waals surface area contributed by atoms with Crippen molar-refractivity contribution in [1.29, 1.82) is 0 Å². The summed E-state index contributed by atoms with van der Waals surface area (Å²) in [6.45, 7) is -0.605. The van der Waals surface area contributed by atoms with Gasteiger partial charge in [0.25, 0.3) is 5.91 Å². The molecule has 1 atom stereocenters. The first-order chi connectivity index (χ1) is 11.4. The van der Waals surface area contributed by atoms with Crippen LogP contribution in [0.3, 0.4) is 0 Å². The van der Waals surface area contributed by atoms with Gasteiger partial charge in [0.2, 0.25) is 0 Å². The topological polar surface area (TPSA) is 93.0 Å². The summed E-state index contributed by atoms with van der Waals surface area (Å²) in [5.74, 6) is -2.57. The molecule has 1 aliphatic rings. The number of hydrogen-bond donors (Lipinski definition) is 4. The summed E-state index contributed by atoms with van der Waals surface area (Å²) < 4.78 is 27.1. The molecule has 24 heavy (non-hydrogen) atoms. The van der Waals surface area contributed by atoms with Gasteiger partial charge >= 0.3 is 0 Å². The number of nitrogens with one attached hydrogen (secondary N) is 1. The highest BCUT2D eigenvalue weighted by atomic mass is 19.2. The molecular weight excluding hydrogens is 322 g/mol. The second-order valence-corrected chi connectivity index (χ2v) is 6.02. The molecule has 1 aromatic carbocycles. The quantitative estimate of drug-likeness (QED) is 0.548. The van der Waals surface area contributed by atoms with Gasteiger partial charge in [-0.3, -0.25) is 4.79 Å². The number of amides is 1. The lowest BCUT2D eigenvalue weighted by molar-refractivity contribution is -0.157. The Morgan fingerprint density at radius 3 is 2.67 bits per heavy atom. The van der Waals surface area contributed by atoms with Gasteiger partial charge in [-0.25, -0.2) is 8.78 Å². The third-order valence-corrected chi connectivity index (χ3v) is 4.22. The van der Waals surface area contributed by atoms with Crippen molar-refractivity contribution in [1.82, 2.24) is 10.2 Å². The Balaban J connectivity index is 2.07. The first-order valence-corrected chi connectivity index (χ1v) is 7.81. The van der Waals surface area contributed by atoms with E-state index in [1.54, 1.807) is 0 Å². The summed E-state index contributed by atoms with van der Waals surface area (Å²) in [6.07, 6.45) is 0.717. The molecule has 1 aliphatic heterocycles. The monoisotopic (exact) mass is 344 g/mol. The molecule has 0 aromatic heterocycles.